The largest absolute Gasteiger partial charge is 0.508 e. The summed E-state index contributed by atoms with van der Waals surface area (Å²) >= 11 is 0. The lowest BCUT2D eigenvalue weighted by Gasteiger charge is -2.05. The predicted octanol–water partition coefficient (Wildman–Crippen LogP) is 1.37. The lowest BCUT2D eigenvalue weighted by molar-refractivity contribution is -0.142. The first kappa shape index (κ1) is 11.1. The predicted molar refractivity (Wildman–Crippen MR) is 53.2 cm³/mol. The monoisotopic (exact) mass is 205 g/mol. The minimum atomic E-state index is -0.449. The van der Waals surface area contributed by atoms with Crippen molar-refractivity contribution >= 4 is 5.97 Å². The van der Waals surface area contributed by atoms with Gasteiger partial charge in [0.2, 0.25) is 0 Å². The van der Waals surface area contributed by atoms with E-state index in [0.29, 0.717) is 11.1 Å². The Morgan fingerprint density at radius 1 is 1.60 bits per heavy atom. The molecule has 0 saturated heterocycles. The molecule has 1 aromatic rings. The second kappa shape index (κ2) is 5.01. The minimum Gasteiger partial charge on any atom is -0.508 e. The number of hydrogen-bond acceptors (Lipinski definition) is 4. The average Bonchev–Trinajstić information content (AvgIpc) is 2.21. The average molecular weight is 205 g/mol. The van der Waals surface area contributed by atoms with Crippen LogP contribution in [0.1, 0.15) is 18.1 Å². The molecule has 0 radical (unpaired) electrons. The van der Waals surface area contributed by atoms with E-state index < -0.39 is 5.97 Å². The normalized spacial score (nSPS) is 9.33. The molecule has 4 nitrogen and oxygen atoms in total. The van der Waals surface area contributed by atoms with Gasteiger partial charge in [-0.25, -0.2) is 0 Å². The van der Waals surface area contributed by atoms with Gasteiger partial charge in [0.1, 0.15) is 5.75 Å². The molecule has 0 aliphatic rings. The van der Waals surface area contributed by atoms with Gasteiger partial charge in [-0.05, 0) is 19.1 Å². The number of esters is 1. The van der Waals surface area contributed by atoms with E-state index in [4.69, 9.17) is 10.00 Å². The van der Waals surface area contributed by atoms with Gasteiger partial charge in [-0.3, -0.25) is 4.79 Å². The Balaban J connectivity index is 2.94. The molecule has 4 heteroatoms. The van der Waals surface area contributed by atoms with Gasteiger partial charge in [0.15, 0.2) is 0 Å². The SMILES string of the molecule is CCOC(=O)Cc1c(O)cccc1C#N. The molecule has 0 aromatic heterocycles. The summed E-state index contributed by atoms with van der Waals surface area (Å²) in [5.41, 5.74) is 0.613. The number of phenols is 1. The molecule has 1 N–H and O–H groups in total. The van der Waals surface area contributed by atoms with E-state index in [1.54, 1.807) is 19.1 Å². The first-order valence-electron chi connectivity index (χ1n) is 4.55. The van der Waals surface area contributed by atoms with Crippen LogP contribution in [0.25, 0.3) is 0 Å². The summed E-state index contributed by atoms with van der Waals surface area (Å²) in [5, 5.41) is 18.3. The number of hydrogen-bond donors (Lipinski definition) is 1. The second-order valence-electron chi connectivity index (χ2n) is 2.90. The number of aromatic hydroxyl groups is 1. The summed E-state index contributed by atoms with van der Waals surface area (Å²) < 4.78 is 4.74. The maximum Gasteiger partial charge on any atom is 0.310 e. The molecule has 0 saturated carbocycles. The van der Waals surface area contributed by atoms with Crippen molar-refractivity contribution in [2.24, 2.45) is 0 Å². The van der Waals surface area contributed by atoms with Crippen molar-refractivity contribution in [1.29, 1.82) is 5.26 Å². The molecule has 0 amide bonds. The molecule has 0 fully saturated rings. The van der Waals surface area contributed by atoms with Crippen LogP contribution in [0.5, 0.6) is 5.75 Å². The quantitative estimate of drug-likeness (QED) is 0.756. The molecule has 0 aliphatic heterocycles. The van der Waals surface area contributed by atoms with E-state index in [2.05, 4.69) is 0 Å². The van der Waals surface area contributed by atoms with Gasteiger partial charge >= 0.3 is 5.97 Å². The summed E-state index contributed by atoms with van der Waals surface area (Å²) in [4.78, 5) is 11.2. The highest BCUT2D eigenvalue weighted by atomic mass is 16.5. The van der Waals surface area contributed by atoms with Crippen LogP contribution in [0.3, 0.4) is 0 Å². The second-order valence-corrected chi connectivity index (χ2v) is 2.90. The Morgan fingerprint density at radius 2 is 2.33 bits per heavy atom. The number of carbonyl (C=O) groups excluding carboxylic acids is 1. The molecule has 0 aliphatic carbocycles. The van der Waals surface area contributed by atoms with Crippen molar-refractivity contribution in [3.63, 3.8) is 0 Å². The van der Waals surface area contributed by atoms with Crippen molar-refractivity contribution in [1.82, 2.24) is 0 Å². The van der Waals surface area contributed by atoms with Gasteiger partial charge in [-0.15, -0.1) is 0 Å². The topological polar surface area (TPSA) is 70.3 Å². The lowest BCUT2D eigenvalue weighted by Crippen LogP contribution is -2.08. The summed E-state index contributed by atoms with van der Waals surface area (Å²) in [6, 6.07) is 6.46. The van der Waals surface area contributed by atoms with Crippen LogP contribution in [0.2, 0.25) is 0 Å². The molecule has 0 bridgehead atoms. The van der Waals surface area contributed by atoms with E-state index in [0.717, 1.165) is 0 Å². The van der Waals surface area contributed by atoms with Gasteiger partial charge in [0.25, 0.3) is 0 Å². The van der Waals surface area contributed by atoms with Crippen molar-refractivity contribution in [2.45, 2.75) is 13.3 Å². The highest BCUT2D eigenvalue weighted by molar-refractivity contribution is 5.74. The van der Waals surface area contributed by atoms with Gasteiger partial charge in [-0.2, -0.15) is 5.26 Å². The van der Waals surface area contributed by atoms with Gasteiger partial charge in [-0.1, -0.05) is 6.07 Å². The third-order valence-electron chi connectivity index (χ3n) is 1.90. The third-order valence-corrected chi connectivity index (χ3v) is 1.90. The smallest absolute Gasteiger partial charge is 0.310 e. The first-order valence-corrected chi connectivity index (χ1v) is 4.55. The molecule has 0 spiro atoms. The fourth-order valence-corrected chi connectivity index (χ4v) is 1.22. The number of rotatable bonds is 3. The number of nitrogens with zero attached hydrogens (tertiary/aromatic N) is 1. The third kappa shape index (κ3) is 2.71. The van der Waals surface area contributed by atoms with Gasteiger partial charge in [0.05, 0.1) is 24.7 Å². The van der Waals surface area contributed by atoms with Gasteiger partial charge < -0.3 is 9.84 Å². The summed E-state index contributed by atoms with van der Waals surface area (Å²) in [5.74, 6) is -0.502. The van der Waals surface area contributed by atoms with Crippen LogP contribution in [-0.4, -0.2) is 17.7 Å². The number of phenolic OH excluding ortho intramolecular Hbond substituents is 1. The van der Waals surface area contributed by atoms with Crippen LogP contribution in [0.15, 0.2) is 18.2 Å². The Morgan fingerprint density at radius 3 is 2.93 bits per heavy atom. The van der Waals surface area contributed by atoms with Crippen LogP contribution < -0.4 is 0 Å². The number of nitriles is 1. The molecule has 78 valence electrons. The number of carbonyl (C=O) groups is 1. The lowest BCUT2D eigenvalue weighted by atomic mass is 10.0. The molecule has 1 rings (SSSR count). The Bertz CT molecular complexity index is 407. The summed E-state index contributed by atoms with van der Waals surface area (Å²) in [6.07, 6.45) is -0.0800. The van der Waals surface area contributed by atoms with Crippen molar-refractivity contribution in [3.05, 3.63) is 29.3 Å². The molecule has 1 aromatic carbocycles. The fourth-order valence-electron chi connectivity index (χ4n) is 1.22. The fraction of sp³-hybridized carbons (Fsp3) is 0.273. The molecule has 15 heavy (non-hydrogen) atoms. The van der Waals surface area contributed by atoms with Crippen LogP contribution in [0.4, 0.5) is 0 Å². The molecule has 0 atom stereocenters. The van der Waals surface area contributed by atoms with E-state index in [1.165, 1.54) is 6.07 Å². The molecular formula is C11H11NO3. The van der Waals surface area contributed by atoms with E-state index in [9.17, 15) is 9.90 Å². The highest BCUT2D eigenvalue weighted by Gasteiger charge is 2.12. The highest BCUT2D eigenvalue weighted by Crippen LogP contribution is 2.21. The number of benzene rings is 1. The number of ether oxygens (including phenoxy) is 1. The van der Waals surface area contributed by atoms with Crippen molar-refractivity contribution in [2.75, 3.05) is 6.61 Å². The maximum atomic E-state index is 11.2. The van der Waals surface area contributed by atoms with E-state index >= 15 is 0 Å². The molecule has 0 heterocycles. The van der Waals surface area contributed by atoms with Gasteiger partial charge in [0, 0.05) is 5.56 Å². The standard InChI is InChI=1S/C11H11NO3/c1-2-15-11(14)6-9-8(7-12)4-3-5-10(9)13/h3-5,13H,2,6H2,1H3. The Hall–Kier alpha value is -2.02. The summed E-state index contributed by atoms with van der Waals surface area (Å²) in [7, 11) is 0. The Labute approximate surface area is 87.7 Å². The molecule has 0 unspecified atom stereocenters. The zero-order chi connectivity index (χ0) is 11.3. The molecular weight excluding hydrogens is 194 g/mol. The minimum absolute atomic E-state index is 0.0536. The van der Waals surface area contributed by atoms with Crippen LogP contribution >= 0.6 is 0 Å². The zero-order valence-electron chi connectivity index (χ0n) is 8.36. The van der Waals surface area contributed by atoms with Crippen molar-refractivity contribution < 1.29 is 14.6 Å². The Kier molecular flexibility index (Phi) is 3.69. The van der Waals surface area contributed by atoms with E-state index in [-0.39, 0.29) is 18.8 Å². The summed E-state index contributed by atoms with van der Waals surface area (Å²) in [6.45, 7) is 1.99. The van der Waals surface area contributed by atoms with Crippen LogP contribution in [-0.2, 0) is 16.0 Å². The van der Waals surface area contributed by atoms with Crippen LogP contribution in [0, 0.1) is 11.3 Å². The van der Waals surface area contributed by atoms with Crippen molar-refractivity contribution in [3.8, 4) is 11.8 Å². The zero-order valence-corrected chi connectivity index (χ0v) is 8.36. The van der Waals surface area contributed by atoms with E-state index in [1.807, 2.05) is 6.07 Å². The first-order chi connectivity index (χ1) is 7.19. The maximum absolute atomic E-state index is 11.2.